The number of carbonyl (C=O) groups excluding carboxylic acids is 1. The topological polar surface area (TPSA) is 74.3 Å². The van der Waals surface area contributed by atoms with E-state index in [1.807, 2.05) is 0 Å². The summed E-state index contributed by atoms with van der Waals surface area (Å²) in [6.45, 7) is 4.71. The summed E-state index contributed by atoms with van der Waals surface area (Å²) in [6, 6.07) is 2.55. The van der Waals surface area contributed by atoms with Crippen LogP contribution in [0.5, 0.6) is 0 Å². The molecule has 0 spiro atoms. The Hall–Kier alpha value is -0.880. The lowest BCUT2D eigenvalue weighted by atomic mass is 10.3. The summed E-state index contributed by atoms with van der Waals surface area (Å²) in [5.41, 5.74) is 0. The Morgan fingerprint density at radius 2 is 1.87 bits per heavy atom. The molecule has 0 aliphatic carbocycles. The normalized spacial score (nSPS) is 12.7. The zero-order valence-corrected chi connectivity index (χ0v) is 10.2. The molecule has 1 aromatic rings. The van der Waals surface area contributed by atoms with Gasteiger partial charge in [-0.05, 0) is 32.9 Å². The molecule has 0 N–H and O–H groups in total. The lowest BCUT2D eigenvalue weighted by Crippen LogP contribution is -2.27. The number of thiophene rings is 1. The first-order valence-corrected chi connectivity index (χ1v) is 6.52. The molecule has 0 unspecified atom stereocenters. The predicted molar refractivity (Wildman–Crippen MR) is 55.6 cm³/mol. The minimum atomic E-state index is -3.46. The molecule has 0 bridgehead atoms. The van der Waals surface area contributed by atoms with Crippen molar-refractivity contribution < 1.29 is 18.3 Å². The van der Waals surface area contributed by atoms with Crippen LogP contribution in [0, 0.1) is 0 Å². The number of carboxylic acids is 1. The van der Waals surface area contributed by atoms with E-state index in [1.54, 1.807) is 20.8 Å². The fourth-order valence-corrected chi connectivity index (χ4v) is 3.76. The molecule has 0 atom stereocenters. The van der Waals surface area contributed by atoms with Crippen molar-refractivity contribution in [3.05, 3.63) is 17.0 Å². The molecule has 0 fully saturated rings. The second-order valence-corrected chi connectivity index (χ2v) is 8.04. The van der Waals surface area contributed by atoms with Crippen molar-refractivity contribution in [1.29, 1.82) is 0 Å². The van der Waals surface area contributed by atoms with Gasteiger partial charge in [-0.3, -0.25) is 0 Å². The van der Waals surface area contributed by atoms with Crippen LogP contribution < -0.4 is 5.11 Å². The van der Waals surface area contributed by atoms with Gasteiger partial charge in [-0.15, -0.1) is 11.3 Å². The highest BCUT2D eigenvalue weighted by atomic mass is 32.2. The molecule has 1 aromatic heterocycles. The third-order valence-electron chi connectivity index (χ3n) is 1.85. The highest BCUT2D eigenvalue weighted by Gasteiger charge is 2.32. The Kier molecular flexibility index (Phi) is 2.93. The molecule has 1 heterocycles. The molecular formula is C9H11O4S2-. The fraction of sp³-hybridized carbons (Fsp3) is 0.444. The molecule has 6 heteroatoms. The summed E-state index contributed by atoms with van der Waals surface area (Å²) >= 11 is 0.725. The lowest BCUT2D eigenvalue weighted by Gasteiger charge is -2.17. The maximum absolute atomic E-state index is 11.9. The van der Waals surface area contributed by atoms with Crippen LogP contribution in [0.3, 0.4) is 0 Å². The SMILES string of the molecule is CC(C)(C)S(=O)(=O)c1ccc(C(=O)[O-])s1. The van der Waals surface area contributed by atoms with E-state index in [9.17, 15) is 18.3 Å². The van der Waals surface area contributed by atoms with E-state index in [1.165, 1.54) is 12.1 Å². The van der Waals surface area contributed by atoms with E-state index in [-0.39, 0.29) is 9.09 Å². The first-order valence-electron chi connectivity index (χ1n) is 4.22. The largest absolute Gasteiger partial charge is 0.544 e. The number of carbonyl (C=O) groups is 1. The first kappa shape index (κ1) is 12.2. The Balaban J connectivity index is 3.24. The van der Waals surface area contributed by atoms with E-state index in [0.29, 0.717) is 0 Å². The molecule has 84 valence electrons. The maximum Gasteiger partial charge on any atom is 0.192 e. The van der Waals surface area contributed by atoms with E-state index in [0.717, 1.165) is 11.3 Å². The van der Waals surface area contributed by atoms with E-state index in [4.69, 9.17) is 0 Å². The number of hydrogen-bond donors (Lipinski definition) is 0. The summed E-state index contributed by atoms with van der Waals surface area (Å²) in [7, 11) is -3.46. The molecule has 0 aliphatic rings. The molecule has 0 aliphatic heterocycles. The zero-order chi connectivity index (χ0) is 11.9. The van der Waals surface area contributed by atoms with Gasteiger partial charge < -0.3 is 9.90 Å². The number of sulfone groups is 1. The minimum absolute atomic E-state index is 0.0641. The van der Waals surface area contributed by atoms with Gasteiger partial charge in [0.1, 0.15) is 4.21 Å². The van der Waals surface area contributed by atoms with E-state index >= 15 is 0 Å². The van der Waals surface area contributed by atoms with Gasteiger partial charge in [-0.2, -0.15) is 0 Å². The monoisotopic (exact) mass is 247 g/mol. The lowest BCUT2D eigenvalue weighted by molar-refractivity contribution is -0.254. The summed E-state index contributed by atoms with van der Waals surface area (Å²) in [4.78, 5) is 10.4. The maximum atomic E-state index is 11.9. The fourth-order valence-electron chi connectivity index (χ4n) is 0.876. The molecule has 0 aromatic carbocycles. The summed E-state index contributed by atoms with van der Waals surface area (Å²) in [6.07, 6.45) is 0. The molecule has 0 amide bonds. The summed E-state index contributed by atoms with van der Waals surface area (Å²) in [5, 5.41) is 10.5. The van der Waals surface area contributed by atoms with Gasteiger partial charge in [-0.1, -0.05) is 0 Å². The van der Waals surface area contributed by atoms with Crippen LogP contribution in [0.1, 0.15) is 30.4 Å². The number of rotatable bonds is 2. The van der Waals surface area contributed by atoms with Crippen molar-refractivity contribution in [2.45, 2.75) is 29.7 Å². The second kappa shape index (κ2) is 3.61. The van der Waals surface area contributed by atoms with Crippen LogP contribution in [-0.4, -0.2) is 19.1 Å². The summed E-state index contributed by atoms with van der Waals surface area (Å²) < 4.78 is 22.9. The summed E-state index contributed by atoms with van der Waals surface area (Å²) in [5.74, 6) is -1.35. The Labute approximate surface area is 92.5 Å². The third kappa shape index (κ3) is 2.21. The molecule has 15 heavy (non-hydrogen) atoms. The third-order valence-corrected chi connectivity index (χ3v) is 5.90. The van der Waals surface area contributed by atoms with Crippen molar-refractivity contribution in [1.82, 2.24) is 0 Å². The highest BCUT2D eigenvalue weighted by molar-refractivity contribution is 7.94. The van der Waals surface area contributed by atoms with Crippen LogP contribution in [0.4, 0.5) is 0 Å². The molecule has 1 rings (SSSR count). The van der Waals surface area contributed by atoms with Gasteiger partial charge in [0.15, 0.2) is 9.84 Å². The van der Waals surface area contributed by atoms with Crippen molar-refractivity contribution in [3.8, 4) is 0 Å². The standard InChI is InChI=1S/C9H12O4S2/c1-9(2,3)15(12,13)7-5-4-6(14-7)8(10)11/h4-5H,1-3H3,(H,10,11)/p-1. The van der Waals surface area contributed by atoms with Gasteiger partial charge in [-0.25, -0.2) is 8.42 Å². The first-order chi connectivity index (χ1) is 6.66. The minimum Gasteiger partial charge on any atom is -0.544 e. The van der Waals surface area contributed by atoms with E-state index in [2.05, 4.69) is 0 Å². The number of hydrogen-bond acceptors (Lipinski definition) is 5. The molecule has 0 radical (unpaired) electrons. The number of aromatic carboxylic acids is 1. The van der Waals surface area contributed by atoms with Crippen LogP contribution in [0.2, 0.25) is 0 Å². The Morgan fingerprint density at radius 3 is 2.20 bits per heavy atom. The highest BCUT2D eigenvalue weighted by Crippen LogP contribution is 2.30. The second-order valence-electron chi connectivity index (χ2n) is 4.02. The van der Waals surface area contributed by atoms with Crippen LogP contribution >= 0.6 is 11.3 Å². The Bertz CT molecular complexity index is 476. The molecule has 4 nitrogen and oxygen atoms in total. The van der Waals surface area contributed by atoms with Gasteiger partial charge in [0.2, 0.25) is 0 Å². The number of carboxylic acid groups (broad SMARTS) is 1. The van der Waals surface area contributed by atoms with Crippen molar-refractivity contribution in [2.75, 3.05) is 0 Å². The quantitative estimate of drug-likeness (QED) is 0.770. The van der Waals surface area contributed by atoms with Crippen molar-refractivity contribution >= 4 is 27.1 Å². The average Bonchev–Trinajstić information content (AvgIpc) is 2.49. The van der Waals surface area contributed by atoms with E-state index < -0.39 is 20.6 Å². The van der Waals surface area contributed by atoms with Crippen LogP contribution in [0.15, 0.2) is 16.3 Å². The molecule has 0 saturated heterocycles. The van der Waals surface area contributed by atoms with Gasteiger partial charge in [0, 0.05) is 0 Å². The predicted octanol–water partition coefficient (Wildman–Crippen LogP) is 0.684. The smallest absolute Gasteiger partial charge is 0.192 e. The zero-order valence-electron chi connectivity index (χ0n) is 8.60. The Morgan fingerprint density at radius 1 is 1.33 bits per heavy atom. The van der Waals surface area contributed by atoms with Gasteiger partial charge in [0.05, 0.1) is 15.6 Å². The average molecular weight is 247 g/mol. The molecule has 0 saturated carbocycles. The molecular weight excluding hydrogens is 236 g/mol. The van der Waals surface area contributed by atoms with Gasteiger partial charge in [0.25, 0.3) is 0 Å². The van der Waals surface area contributed by atoms with Crippen molar-refractivity contribution in [2.24, 2.45) is 0 Å². The van der Waals surface area contributed by atoms with Crippen LogP contribution in [-0.2, 0) is 9.84 Å². The van der Waals surface area contributed by atoms with Gasteiger partial charge >= 0.3 is 0 Å². The van der Waals surface area contributed by atoms with Crippen molar-refractivity contribution in [3.63, 3.8) is 0 Å². The van der Waals surface area contributed by atoms with Crippen LogP contribution in [0.25, 0.3) is 0 Å².